The number of hydrogen-bond donors (Lipinski definition) is 0. The number of amides is 1. The molecular weight excluding hydrogens is 251 g/mol. The van der Waals surface area contributed by atoms with Gasteiger partial charge in [0.15, 0.2) is 5.69 Å². The Labute approximate surface area is 109 Å². The number of rotatable bonds is 3. The lowest BCUT2D eigenvalue weighted by Crippen LogP contribution is -2.26. The van der Waals surface area contributed by atoms with E-state index in [4.69, 9.17) is 4.84 Å². The summed E-state index contributed by atoms with van der Waals surface area (Å²) in [5, 5.41) is 8.62. The van der Waals surface area contributed by atoms with E-state index >= 15 is 0 Å². The molecule has 0 aliphatic heterocycles. The number of para-hydroxylation sites is 1. The van der Waals surface area contributed by atoms with E-state index in [1.165, 1.54) is 24.9 Å². The summed E-state index contributed by atoms with van der Waals surface area (Å²) in [4.78, 5) is 16.7. The Bertz CT molecular complexity index is 612. The normalized spacial score (nSPS) is 10.5. The highest BCUT2D eigenvalue weighted by molar-refractivity contribution is 5.92. The van der Waals surface area contributed by atoms with Crippen molar-refractivity contribution < 1.29 is 14.0 Å². The molecule has 7 heteroatoms. The smallest absolute Gasteiger partial charge is 0.274 e. The van der Waals surface area contributed by atoms with E-state index in [1.807, 2.05) is 0 Å². The average molecular weight is 264 g/mol. The quantitative estimate of drug-likeness (QED) is 0.785. The fourth-order valence-electron chi connectivity index (χ4n) is 1.61. The molecule has 0 saturated carbocycles. The van der Waals surface area contributed by atoms with Crippen LogP contribution in [0.25, 0.3) is 5.69 Å². The van der Waals surface area contributed by atoms with Gasteiger partial charge in [0.25, 0.3) is 5.91 Å². The molecule has 100 valence electrons. The highest BCUT2D eigenvalue weighted by Crippen LogP contribution is 2.16. The highest BCUT2D eigenvalue weighted by atomic mass is 19.1. The second-order valence-corrected chi connectivity index (χ2v) is 3.87. The maximum atomic E-state index is 13.7. The van der Waals surface area contributed by atoms with E-state index < -0.39 is 11.7 Å². The van der Waals surface area contributed by atoms with E-state index in [2.05, 4.69) is 10.3 Å². The highest BCUT2D eigenvalue weighted by Gasteiger charge is 2.21. The van der Waals surface area contributed by atoms with Gasteiger partial charge in [0.05, 0.1) is 12.8 Å². The molecular formula is C12H13FN4O2. The van der Waals surface area contributed by atoms with Crippen molar-refractivity contribution in [2.24, 2.45) is 0 Å². The van der Waals surface area contributed by atoms with Gasteiger partial charge in [0, 0.05) is 7.05 Å². The molecule has 1 aromatic heterocycles. The van der Waals surface area contributed by atoms with E-state index in [1.54, 1.807) is 25.1 Å². The third-order valence-electron chi connectivity index (χ3n) is 2.74. The number of carbonyl (C=O) groups excluding carboxylic acids is 1. The van der Waals surface area contributed by atoms with Crippen LogP contribution in [-0.4, -0.2) is 40.1 Å². The molecule has 2 aromatic rings. The number of nitrogens with zero attached hydrogens (tertiary/aromatic N) is 4. The molecule has 6 nitrogen and oxygen atoms in total. The average Bonchev–Trinajstić information content (AvgIpc) is 2.79. The molecule has 19 heavy (non-hydrogen) atoms. The van der Waals surface area contributed by atoms with Gasteiger partial charge in [-0.3, -0.25) is 9.63 Å². The van der Waals surface area contributed by atoms with Gasteiger partial charge in [-0.15, -0.1) is 5.10 Å². The SMILES string of the molecule is CON(C)C(=O)c1nnn(-c2ccccc2F)c1C. The number of aromatic nitrogens is 3. The minimum Gasteiger partial charge on any atom is -0.274 e. The Morgan fingerprint density at radius 2 is 2.11 bits per heavy atom. The van der Waals surface area contributed by atoms with Crippen LogP contribution in [0.1, 0.15) is 16.2 Å². The number of hydrogen-bond acceptors (Lipinski definition) is 4. The second kappa shape index (κ2) is 5.15. The number of carbonyl (C=O) groups is 1. The zero-order valence-electron chi connectivity index (χ0n) is 10.8. The Morgan fingerprint density at radius 3 is 2.74 bits per heavy atom. The largest absolute Gasteiger partial charge is 0.299 e. The van der Waals surface area contributed by atoms with Gasteiger partial charge in [-0.1, -0.05) is 17.3 Å². The van der Waals surface area contributed by atoms with Crippen LogP contribution in [0.2, 0.25) is 0 Å². The van der Waals surface area contributed by atoms with Crippen molar-refractivity contribution in [3.63, 3.8) is 0 Å². The molecule has 0 bridgehead atoms. The van der Waals surface area contributed by atoms with Gasteiger partial charge < -0.3 is 0 Å². The summed E-state index contributed by atoms with van der Waals surface area (Å²) in [5.41, 5.74) is 0.804. The van der Waals surface area contributed by atoms with Crippen molar-refractivity contribution in [3.8, 4) is 5.69 Å². The van der Waals surface area contributed by atoms with E-state index in [9.17, 15) is 9.18 Å². The molecule has 0 fully saturated rings. The Balaban J connectivity index is 2.45. The number of halogens is 1. The van der Waals surface area contributed by atoms with Gasteiger partial charge in [-0.05, 0) is 19.1 Å². The first-order chi connectivity index (χ1) is 9.06. The van der Waals surface area contributed by atoms with E-state index in [0.29, 0.717) is 5.69 Å². The standard InChI is InChI=1S/C12H13FN4O2/c1-8-11(12(18)16(2)19-3)14-15-17(8)10-7-5-4-6-9(10)13/h4-7H,1-3H3. The maximum absolute atomic E-state index is 13.7. The molecule has 0 unspecified atom stereocenters. The molecule has 0 aliphatic rings. The van der Waals surface area contributed by atoms with Crippen LogP contribution in [0.15, 0.2) is 24.3 Å². The first-order valence-electron chi connectivity index (χ1n) is 5.55. The monoisotopic (exact) mass is 264 g/mol. The number of benzene rings is 1. The van der Waals surface area contributed by atoms with Crippen LogP contribution >= 0.6 is 0 Å². The van der Waals surface area contributed by atoms with Gasteiger partial charge >= 0.3 is 0 Å². The van der Waals surface area contributed by atoms with Crippen LogP contribution in [0.4, 0.5) is 4.39 Å². The fourth-order valence-corrected chi connectivity index (χ4v) is 1.61. The van der Waals surface area contributed by atoms with Crippen molar-refractivity contribution in [1.29, 1.82) is 0 Å². The molecule has 0 saturated heterocycles. The lowest BCUT2D eigenvalue weighted by Gasteiger charge is -2.12. The maximum Gasteiger partial charge on any atom is 0.299 e. The molecule has 0 spiro atoms. The lowest BCUT2D eigenvalue weighted by atomic mass is 10.2. The number of hydroxylamine groups is 2. The predicted octanol–water partition coefficient (Wildman–Crippen LogP) is 1.35. The topological polar surface area (TPSA) is 60.2 Å². The minimum absolute atomic E-state index is 0.118. The zero-order chi connectivity index (χ0) is 14.0. The van der Waals surface area contributed by atoms with Gasteiger partial charge in [-0.2, -0.15) is 0 Å². The van der Waals surface area contributed by atoms with Crippen LogP contribution in [-0.2, 0) is 4.84 Å². The van der Waals surface area contributed by atoms with Gasteiger partial charge in [0.2, 0.25) is 0 Å². The summed E-state index contributed by atoms with van der Waals surface area (Å²) >= 11 is 0. The molecule has 1 amide bonds. The predicted molar refractivity (Wildman–Crippen MR) is 65.2 cm³/mol. The molecule has 1 aromatic carbocycles. The second-order valence-electron chi connectivity index (χ2n) is 3.87. The summed E-state index contributed by atoms with van der Waals surface area (Å²) < 4.78 is 15.0. The summed E-state index contributed by atoms with van der Waals surface area (Å²) in [6, 6.07) is 6.14. The lowest BCUT2D eigenvalue weighted by molar-refractivity contribution is -0.0761. The summed E-state index contributed by atoms with van der Waals surface area (Å²) in [6.07, 6.45) is 0. The molecule has 2 rings (SSSR count). The third-order valence-corrected chi connectivity index (χ3v) is 2.74. The van der Waals surface area contributed by atoms with Crippen LogP contribution in [0.5, 0.6) is 0 Å². The van der Waals surface area contributed by atoms with Crippen molar-refractivity contribution >= 4 is 5.91 Å². The Hall–Kier alpha value is -2.28. The third kappa shape index (κ3) is 2.32. The Kier molecular flexibility index (Phi) is 3.57. The van der Waals surface area contributed by atoms with Crippen LogP contribution in [0.3, 0.4) is 0 Å². The van der Waals surface area contributed by atoms with E-state index in [0.717, 1.165) is 5.06 Å². The fraction of sp³-hybridized carbons (Fsp3) is 0.250. The summed E-state index contributed by atoms with van der Waals surface area (Å²) in [6.45, 7) is 1.64. The van der Waals surface area contributed by atoms with Crippen molar-refractivity contribution in [2.45, 2.75) is 6.92 Å². The summed E-state index contributed by atoms with van der Waals surface area (Å²) in [5.74, 6) is -0.878. The van der Waals surface area contributed by atoms with Gasteiger partial charge in [0.1, 0.15) is 11.5 Å². The van der Waals surface area contributed by atoms with Gasteiger partial charge in [-0.25, -0.2) is 14.1 Å². The van der Waals surface area contributed by atoms with Crippen LogP contribution < -0.4 is 0 Å². The zero-order valence-corrected chi connectivity index (χ0v) is 10.8. The van der Waals surface area contributed by atoms with Crippen molar-refractivity contribution in [1.82, 2.24) is 20.1 Å². The molecule has 1 heterocycles. The van der Waals surface area contributed by atoms with Crippen molar-refractivity contribution in [3.05, 3.63) is 41.5 Å². The van der Waals surface area contributed by atoms with Crippen LogP contribution in [0, 0.1) is 12.7 Å². The Morgan fingerprint density at radius 1 is 1.42 bits per heavy atom. The first kappa shape index (κ1) is 13.2. The molecule has 0 N–H and O–H groups in total. The molecule has 0 atom stereocenters. The summed E-state index contributed by atoms with van der Waals surface area (Å²) in [7, 11) is 2.83. The minimum atomic E-state index is -0.442. The molecule has 0 radical (unpaired) electrons. The molecule has 0 aliphatic carbocycles. The van der Waals surface area contributed by atoms with Crippen molar-refractivity contribution in [2.75, 3.05) is 14.2 Å². The van der Waals surface area contributed by atoms with E-state index in [-0.39, 0.29) is 11.4 Å². The first-order valence-corrected chi connectivity index (χ1v) is 5.55.